The number of benzene rings is 1. The summed E-state index contributed by atoms with van der Waals surface area (Å²) < 4.78 is 14.5. The largest absolute Gasteiger partial charge is 0.324 e. The van der Waals surface area contributed by atoms with E-state index in [1.807, 2.05) is 6.07 Å². The van der Waals surface area contributed by atoms with Crippen LogP contribution < -0.4 is 5.73 Å². The van der Waals surface area contributed by atoms with E-state index in [-0.39, 0.29) is 12.4 Å². The van der Waals surface area contributed by atoms with Gasteiger partial charge in [-0.3, -0.25) is 0 Å². The third-order valence-electron chi connectivity index (χ3n) is 3.21. The van der Waals surface area contributed by atoms with Gasteiger partial charge in [0.25, 0.3) is 0 Å². The van der Waals surface area contributed by atoms with E-state index in [4.69, 9.17) is 5.73 Å². The minimum atomic E-state index is -0.295. The summed E-state index contributed by atoms with van der Waals surface area (Å²) in [6.45, 7) is 3.70. The molecule has 0 aliphatic carbocycles. The maximum absolute atomic E-state index is 12.8. The summed E-state index contributed by atoms with van der Waals surface area (Å²) in [5, 5.41) is 4.36. The van der Waals surface area contributed by atoms with Crippen molar-refractivity contribution in [2.24, 2.45) is 5.73 Å². The van der Waals surface area contributed by atoms with Crippen molar-refractivity contribution in [2.75, 3.05) is 0 Å². The number of halogens is 1. The predicted molar refractivity (Wildman–Crippen MR) is 99.2 cm³/mol. The molecule has 0 spiro atoms. The molecule has 2 rings (SSSR count). The molecule has 24 heavy (non-hydrogen) atoms. The van der Waals surface area contributed by atoms with E-state index >= 15 is 0 Å². The van der Waals surface area contributed by atoms with Crippen molar-refractivity contribution in [1.29, 1.82) is 0 Å². The summed E-state index contributed by atoms with van der Waals surface area (Å²) in [4.78, 5) is 4.98. The van der Waals surface area contributed by atoms with E-state index in [2.05, 4.69) is 47.8 Å². The monoisotopic (exact) mass is 344 g/mol. The molecule has 0 atom stereocenters. The smallest absolute Gasteiger partial charge is 0.164 e. The lowest BCUT2D eigenvalue weighted by Crippen LogP contribution is -2.00. The number of nitrogens with two attached hydrogens (primary N) is 1. The second-order valence-electron chi connectivity index (χ2n) is 5.42. The molecule has 1 aromatic carbocycles. The molecule has 0 radical (unpaired) electrons. The van der Waals surface area contributed by atoms with Gasteiger partial charge in [-0.2, -0.15) is 5.10 Å². The molecule has 6 heteroatoms. The molecular weight excluding hydrogens is 323 g/mol. The maximum Gasteiger partial charge on any atom is 0.164 e. The number of thiol groups is 1. The zero-order valence-corrected chi connectivity index (χ0v) is 14.7. The summed E-state index contributed by atoms with van der Waals surface area (Å²) >= 11 is 4.18. The number of allylic oxidation sites excluding steroid dienone is 4. The van der Waals surface area contributed by atoms with Gasteiger partial charge in [0.2, 0.25) is 0 Å². The minimum Gasteiger partial charge on any atom is -0.324 e. The number of hydrogen-bond acceptors (Lipinski definition) is 4. The van der Waals surface area contributed by atoms with Gasteiger partial charge < -0.3 is 5.73 Å². The van der Waals surface area contributed by atoms with Crippen LogP contribution in [0.2, 0.25) is 0 Å². The van der Waals surface area contributed by atoms with Gasteiger partial charge in [0.15, 0.2) is 5.82 Å². The SMILES string of the molecule is C\C(F)=C/C(S)=C\C=C\n1nc(CN)nc1Cc1cccc(C)c1. The summed E-state index contributed by atoms with van der Waals surface area (Å²) in [5.74, 6) is 1.08. The Hall–Kier alpha value is -2.18. The predicted octanol–water partition coefficient (Wildman–Crippen LogP) is 3.79. The van der Waals surface area contributed by atoms with E-state index < -0.39 is 0 Å². The van der Waals surface area contributed by atoms with Gasteiger partial charge in [0.05, 0.1) is 12.4 Å². The Morgan fingerprint density at radius 2 is 2.21 bits per heavy atom. The lowest BCUT2D eigenvalue weighted by Gasteiger charge is -2.02. The Labute approximate surface area is 147 Å². The zero-order valence-electron chi connectivity index (χ0n) is 13.8. The highest BCUT2D eigenvalue weighted by Crippen LogP contribution is 2.12. The van der Waals surface area contributed by atoms with Gasteiger partial charge in [0, 0.05) is 17.5 Å². The van der Waals surface area contributed by atoms with Gasteiger partial charge in [0.1, 0.15) is 5.82 Å². The molecule has 1 aromatic heterocycles. The third kappa shape index (κ3) is 5.47. The van der Waals surface area contributed by atoms with Crippen LogP contribution in [0.25, 0.3) is 6.20 Å². The molecule has 2 aromatic rings. The Bertz CT molecular complexity index is 786. The van der Waals surface area contributed by atoms with Crippen molar-refractivity contribution in [3.8, 4) is 0 Å². The summed E-state index contributed by atoms with van der Waals surface area (Å²) in [5.41, 5.74) is 8.00. The van der Waals surface area contributed by atoms with Crippen molar-refractivity contribution in [2.45, 2.75) is 26.8 Å². The molecule has 1 heterocycles. The van der Waals surface area contributed by atoms with E-state index in [0.717, 1.165) is 11.4 Å². The van der Waals surface area contributed by atoms with Crippen LogP contribution in [0.4, 0.5) is 4.39 Å². The Balaban J connectivity index is 2.23. The zero-order chi connectivity index (χ0) is 17.5. The molecule has 0 amide bonds. The van der Waals surface area contributed by atoms with Crippen molar-refractivity contribution in [1.82, 2.24) is 14.8 Å². The molecule has 0 saturated carbocycles. The lowest BCUT2D eigenvalue weighted by atomic mass is 10.1. The quantitative estimate of drug-likeness (QED) is 0.619. The number of aryl methyl sites for hydroxylation is 1. The molecule has 0 fully saturated rings. The van der Waals surface area contributed by atoms with E-state index in [0.29, 0.717) is 17.2 Å². The first-order chi connectivity index (χ1) is 11.5. The fraction of sp³-hybridized carbons (Fsp3) is 0.222. The van der Waals surface area contributed by atoms with Crippen LogP contribution in [0.3, 0.4) is 0 Å². The average molecular weight is 344 g/mol. The van der Waals surface area contributed by atoms with Gasteiger partial charge in [-0.05, 0) is 37.6 Å². The molecule has 0 aliphatic heterocycles. The van der Waals surface area contributed by atoms with Crippen LogP contribution in [0.5, 0.6) is 0 Å². The molecule has 0 unspecified atom stereocenters. The topological polar surface area (TPSA) is 56.7 Å². The van der Waals surface area contributed by atoms with Gasteiger partial charge >= 0.3 is 0 Å². The van der Waals surface area contributed by atoms with E-state index in [1.165, 1.54) is 18.6 Å². The molecule has 0 bridgehead atoms. The number of aromatic nitrogens is 3. The van der Waals surface area contributed by atoms with E-state index in [9.17, 15) is 4.39 Å². The molecule has 0 aliphatic rings. The van der Waals surface area contributed by atoms with E-state index in [1.54, 1.807) is 23.0 Å². The van der Waals surface area contributed by atoms with Crippen molar-refractivity contribution in [3.05, 3.63) is 76.0 Å². The van der Waals surface area contributed by atoms with Crippen LogP contribution in [-0.2, 0) is 13.0 Å². The first kappa shape index (κ1) is 18.2. The van der Waals surface area contributed by atoms with Crippen LogP contribution in [0.1, 0.15) is 29.7 Å². The van der Waals surface area contributed by atoms with Crippen molar-refractivity contribution >= 4 is 18.8 Å². The molecule has 0 saturated heterocycles. The van der Waals surface area contributed by atoms with Crippen LogP contribution >= 0.6 is 12.6 Å². The number of rotatable bonds is 6. The van der Waals surface area contributed by atoms with Crippen LogP contribution in [0.15, 0.2) is 53.2 Å². The third-order valence-corrected chi connectivity index (χ3v) is 3.49. The van der Waals surface area contributed by atoms with Crippen molar-refractivity contribution in [3.63, 3.8) is 0 Å². The van der Waals surface area contributed by atoms with Gasteiger partial charge in [-0.15, -0.1) is 12.6 Å². The second-order valence-corrected chi connectivity index (χ2v) is 5.94. The summed E-state index contributed by atoms with van der Waals surface area (Å²) in [7, 11) is 0. The normalized spacial score (nSPS) is 13.0. The lowest BCUT2D eigenvalue weighted by molar-refractivity contribution is 0.640. The molecule has 4 nitrogen and oxygen atoms in total. The van der Waals surface area contributed by atoms with Crippen molar-refractivity contribution < 1.29 is 4.39 Å². The first-order valence-electron chi connectivity index (χ1n) is 7.59. The first-order valence-corrected chi connectivity index (χ1v) is 8.04. The Morgan fingerprint density at radius 3 is 2.88 bits per heavy atom. The summed E-state index contributed by atoms with van der Waals surface area (Å²) in [6.07, 6.45) is 7.19. The highest BCUT2D eigenvalue weighted by Gasteiger charge is 2.08. The fourth-order valence-corrected chi connectivity index (χ4v) is 2.47. The Morgan fingerprint density at radius 1 is 1.42 bits per heavy atom. The molecule has 126 valence electrons. The average Bonchev–Trinajstić information content (AvgIpc) is 2.89. The van der Waals surface area contributed by atoms with Crippen LogP contribution in [0, 0.1) is 6.92 Å². The highest BCUT2D eigenvalue weighted by atomic mass is 32.1. The molecule has 2 N–H and O–H groups in total. The summed E-state index contributed by atoms with van der Waals surface area (Å²) in [6, 6.07) is 8.25. The van der Waals surface area contributed by atoms with Gasteiger partial charge in [-0.25, -0.2) is 14.1 Å². The maximum atomic E-state index is 12.8. The number of nitrogens with zero attached hydrogens (tertiary/aromatic N) is 3. The highest BCUT2D eigenvalue weighted by molar-refractivity contribution is 7.84. The minimum absolute atomic E-state index is 0.277. The fourth-order valence-electron chi connectivity index (χ4n) is 2.21. The standard InChI is InChI=1S/C18H21FN4S/c1-13-5-3-6-15(9-13)11-18-21-17(12-20)22-23(18)8-4-7-16(24)10-14(2)19/h3-10,24H,11-12,20H2,1-2H3/b8-4+,14-10+,16-7+. The molecular formula is C18H21FN4S. The van der Waals surface area contributed by atoms with Crippen LogP contribution in [-0.4, -0.2) is 14.8 Å². The van der Waals surface area contributed by atoms with Gasteiger partial charge in [-0.1, -0.05) is 29.8 Å². The second kappa shape index (κ2) is 8.61. The number of hydrogen-bond donors (Lipinski definition) is 2. The Kier molecular flexibility index (Phi) is 6.52.